The third-order valence-electron chi connectivity index (χ3n) is 6.12. The van der Waals surface area contributed by atoms with E-state index < -0.39 is 23.3 Å². The summed E-state index contributed by atoms with van der Waals surface area (Å²) < 4.78 is 25.6. The van der Waals surface area contributed by atoms with Gasteiger partial charge in [0.1, 0.15) is 0 Å². The van der Waals surface area contributed by atoms with Crippen LogP contribution in [0.4, 0.5) is 11.4 Å². The molecule has 1 heterocycles. The molecular weight excluding hydrogens is 544 g/mol. The lowest BCUT2D eigenvalue weighted by atomic mass is 10.1. The molecule has 3 aromatic carbocycles. The van der Waals surface area contributed by atoms with Gasteiger partial charge in [-0.3, -0.25) is 9.00 Å². The van der Waals surface area contributed by atoms with E-state index in [4.69, 9.17) is 10.8 Å². The van der Waals surface area contributed by atoms with Crippen molar-refractivity contribution < 1.29 is 18.7 Å². The van der Waals surface area contributed by atoms with Crippen molar-refractivity contribution >= 4 is 55.3 Å². The number of hydrogen-bond donors (Lipinski definition) is 2. The second-order valence-corrected chi connectivity index (χ2v) is 10.3. The maximum atomic E-state index is 11.7. The predicted octanol–water partition coefficient (Wildman–Crippen LogP) is 3.58. The Morgan fingerprint density at radius 3 is 2.36 bits per heavy atom. The van der Waals surface area contributed by atoms with Gasteiger partial charge in [0.2, 0.25) is 0 Å². The summed E-state index contributed by atoms with van der Waals surface area (Å²) in [5.41, 5.74) is 9.63. The highest BCUT2D eigenvalue weighted by Gasteiger charge is 2.27. The van der Waals surface area contributed by atoms with Gasteiger partial charge in [-0.15, -0.1) is 0 Å². The first-order chi connectivity index (χ1) is 17.2. The zero-order valence-electron chi connectivity index (χ0n) is 19.7. The Kier molecular flexibility index (Phi) is 8.28. The van der Waals surface area contributed by atoms with Gasteiger partial charge in [0.05, 0.1) is 6.42 Å². The van der Waals surface area contributed by atoms with Crippen molar-refractivity contribution in [2.45, 2.75) is 19.4 Å². The number of nitrogens with two attached hydrogens (primary N) is 1. The Balaban J connectivity index is 1.41. The molecule has 10 heteroatoms. The molecule has 0 spiro atoms. The maximum absolute atomic E-state index is 11.7. The summed E-state index contributed by atoms with van der Waals surface area (Å²) in [4.78, 5) is 13.2. The van der Waals surface area contributed by atoms with Crippen molar-refractivity contribution in [3.63, 3.8) is 0 Å². The highest BCUT2D eigenvalue weighted by molar-refractivity contribution is 9.10. The number of benzene rings is 3. The van der Waals surface area contributed by atoms with Crippen LogP contribution in [0.5, 0.6) is 0 Å². The number of carboxylic acids is 1. The minimum Gasteiger partial charge on any atom is -0.759 e. The molecule has 2 atom stereocenters. The molecule has 2 unspecified atom stereocenters. The van der Waals surface area contributed by atoms with E-state index in [1.54, 1.807) is 11.9 Å². The fourth-order valence-corrected chi connectivity index (χ4v) is 5.51. The van der Waals surface area contributed by atoms with E-state index in [1.807, 2.05) is 54.6 Å². The van der Waals surface area contributed by atoms with E-state index in [9.17, 15) is 13.6 Å². The number of halogens is 1. The highest BCUT2D eigenvalue weighted by atomic mass is 79.9. The summed E-state index contributed by atoms with van der Waals surface area (Å²) >= 11 is 1.02. The molecule has 188 valence electrons. The van der Waals surface area contributed by atoms with Crippen molar-refractivity contribution in [2.75, 3.05) is 36.8 Å². The smallest absolute Gasteiger partial charge is 0.305 e. The summed E-state index contributed by atoms with van der Waals surface area (Å²) in [5, 5.41) is 12.7. The van der Waals surface area contributed by atoms with Crippen LogP contribution < -0.4 is 10.6 Å². The quantitative estimate of drug-likeness (QED) is 0.265. The average molecular weight is 570 g/mol. The zero-order chi connectivity index (χ0) is 25.8. The second kappa shape index (κ2) is 11.4. The average Bonchev–Trinajstić information content (AvgIpc) is 2.85. The van der Waals surface area contributed by atoms with Gasteiger partial charge in [0.25, 0.3) is 0 Å². The third-order valence-corrected chi connectivity index (χ3v) is 7.70. The van der Waals surface area contributed by atoms with Crippen LogP contribution in [0.25, 0.3) is 10.8 Å². The number of hydrazine groups is 1. The monoisotopic (exact) mass is 569 g/mol. The minimum atomic E-state index is -2.53. The Morgan fingerprint density at radius 2 is 1.72 bits per heavy atom. The van der Waals surface area contributed by atoms with Crippen molar-refractivity contribution in [1.29, 1.82) is 0 Å². The molecule has 4 rings (SSSR count). The van der Waals surface area contributed by atoms with Gasteiger partial charge in [-0.2, -0.15) is 4.41 Å². The van der Waals surface area contributed by atoms with Crippen LogP contribution in [0, 0.1) is 11.8 Å². The SMILES string of the molecule is CC(CC(=O)O)N(N1CCN(c2ccc(C#Cc3ccc4c(Br)ccc(N)c4c3)cc2)CC1)S(=O)[O-]. The fraction of sp³-hybridized carbons (Fsp3) is 0.269. The van der Waals surface area contributed by atoms with Crippen molar-refractivity contribution in [1.82, 2.24) is 9.42 Å². The van der Waals surface area contributed by atoms with Gasteiger partial charge < -0.3 is 20.3 Å². The van der Waals surface area contributed by atoms with Crippen molar-refractivity contribution in [3.8, 4) is 11.8 Å². The standard InChI is InChI=1S/C26H27BrN4O4S/c1-18(16-26(32)33)31(36(34)35)30-14-12-29(13-15-30)21-7-4-19(5-8-21)2-3-20-6-9-22-23(17-20)25(28)11-10-24(22)27/h4-11,17-18H,12-16,28H2,1H3,(H,32,33)(H,34,35)/p-1. The van der Waals surface area contributed by atoms with E-state index in [1.165, 1.54) is 0 Å². The molecular formula is C26H26BrN4O4S-. The van der Waals surface area contributed by atoms with Gasteiger partial charge in [-0.25, -0.2) is 5.01 Å². The Labute approximate surface area is 221 Å². The molecule has 1 fully saturated rings. The molecule has 1 aliphatic rings. The summed E-state index contributed by atoms with van der Waals surface area (Å²) in [5.74, 6) is 5.37. The molecule has 0 saturated carbocycles. The number of aliphatic carboxylic acids is 1. The number of anilines is 2. The number of carboxylic acid groups (broad SMARTS) is 1. The van der Waals surface area contributed by atoms with E-state index >= 15 is 0 Å². The first-order valence-corrected chi connectivity index (χ1v) is 13.3. The Morgan fingerprint density at radius 1 is 1.08 bits per heavy atom. The van der Waals surface area contributed by atoms with Crippen LogP contribution in [0.1, 0.15) is 24.5 Å². The lowest BCUT2D eigenvalue weighted by Gasteiger charge is -2.44. The highest BCUT2D eigenvalue weighted by Crippen LogP contribution is 2.29. The molecule has 1 aliphatic heterocycles. The number of nitrogens with zero attached hydrogens (tertiary/aromatic N) is 3. The number of hydrogen-bond acceptors (Lipinski definition) is 6. The predicted molar refractivity (Wildman–Crippen MR) is 145 cm³/mol. The van der Waals surface area contributed by atoms with Gasteiger partial charge in [-0.05, 0) is 60.8 Å². The van der Waals surface area contributed by atoms with Crippen LogP contribution in [-0.4, -0.2) is 61.5 Å². The lowest BCUT2D eigenvalue weighted by molar-refractivity contribution is -0.139. The van der Waals surface area contributed by atoms with Gasteiger partial charge >= 0.3 is 5.97 Å². The third kappa shape index (κ3) is 6.06. The summed E-state index contributed by atoms with van der Waals surface area (Å²) in [6.45, 7) is 3.78. The number of fused-ring (bicyclic) bond motifs is 1. The molecule has 3 N–H and O–H groups in total. The van der Waals surface area contributed by atoms with E-state index in [-0.39, 0.29) is 6.42 Å². The Hall–Kier alpha value is -2.94. The Bertz CT molecular complexity index is 1350. The first kappa shape index (κ1) is 26.1. The molecule has 0 bridgehead atoms. The molecule has 3 aromatic rings. The van der Waals surface area contributed by atoms with Gasteiger partial charge in [0, 0.05) is 75.8 Å². The molecule has 0 radical (unpaired) electrons. The van der Waals surface area contributed by atoms with E-state index in [0.29, 0.717) is 31.9 Å². The summed E-state index contributed by atoms with van der Waals surface area (Å²) in [7, 11) is 0. The number of piperazine rings is 1. The van der Waals surface area contributed by atoms with E-state index in [0.717, 1.165) is 36.5 Å². The van der Waals surface area contributed by atoms with Crippen LogP contribution >= 0.6 is 15.9 Å². The molecule has 8 nitrogen and oxygen atoms in total. The maximum Gasteiger partial charge on any atom is 0.305 e. The summed E-state index contributed by atoms with van der Waals surface area (Å²) in [6.07, 6.45) is -0.249. The van der Waals surface area contributed by atoms with Gasteiger partial charge in [0.15, 0.2) is 0 Å². The van der Waals surface area contributed by atoms with Crippen LogP contribution in [0.15, 0.2) is 59.1 Å². The van der Waals surface area contributed by atoms with Gasteiger partial charge in [-0.1, -0.05) is 33.8 Å². The van der Waals surface area contributed by atoms with Crippen molar-refractivity contribution in [3.05, 3.63) is 70.2 Å². The number of nitrogen functional groups attached to an aromatic ring is 1. The fourth-order valence-electron chi connectivity index (χ4n) is 4.31. The number of carbonyl (C=O) groups is 1. The first-order valence-electron chi connectivity index (χ1n) is 11.4. The van der Waals surface area contributed by atoms with Crippen LogP contribution in [0.3, 0.4) is 0 Å². The zero-order valence-corrected chi connectivity index (χ0v) is 22.1. The minimum absolute atomic E-state index is 0.249. The van der Waals surface area contributed by atoms with Crippen molar-refractivity contribution in [2.24, 2.45) is 0 Å². The number of rotatable bonds is 6. The molecule has 0 amide bonds. The summed E-state index contributed by atoms with van der Waals surface area (Å²) in [6, 6.07) is 17.1. The largest absolute Gasteiger partial charge is 0.759 e. The normalized spacial score (nSPS) is 15.9. The topological polar surface area (TPSA) is 113 Å². The molecule has 1 saturated heterocycles. The van der Waals surface area contributed by atoms with Crippen LogP contribution in [-0.2, 0) is 16.1 Å². The van der Waals surface area contributed by atoms with E-state index in [2.05, 4.69) is 32.7 Å². The molecule has 36 heavy (non-hydrogen) atoms. The molecule has 0 aliphatic carbocycles. The van der Waals surface area contributed by atoms with Crippen LogP contribution in [0.2, 0.25) is 0 Å². The second-order valence-electron chi connectivity index (χ2n) is 8.60. The lowest BCUT2D eigenvalue weighted by Crippen LogP contribution is -2.57. The molecule has 0 aromatic heterocycles.